The zero-order valence-electron chi connectivity index (χ0n) is 11.3. The smallest absolute Gasteiger partial charge is 0.277 e. The number of hydrogen-bond donors (Lipinski definition) is 2. The van der Waals surface area contributed by atoms with Crippen LogP contribution >= 0.6 is 0 Å². The molecular formula is C15H15N3O2. The van der Waals surface area contributed by atoms with Crippen molar-refractivity contribution in [2.45, 2.75) is 20.0 Å². The second-order valence-corrected chi connectivity index (χ2v) is 4.89. The molecule has 1 aromatic heterocycles. The fraction of sp³-hybridized carbons (Fsp3) is 0.200. The average molecular weight is 269 g/mol. The van der Waals surface area contributed by atoms with Gasteiger partial charge in [-0.2, -0.15) is 0 Å². The first-order valence-electron chi connectivity index (χ1n) is 6.48. The van der Waals surface area contributed by atoms with E-state index in [1.54, 1.807) is 6.08 Å². The summed E-state index contributed by atoms with van der Waals surface area (Å²) < 4.78 is 5.52. The Morgan fingerprint density at radius 3 is 2.85 bits per heavy atom. The van der Waals surface area contributed by atoms with E-state index in [0.717, 1.165) is 16.6 Å². The number of aromatic amines is 1. The first-order valence-corrected chi connectivity index (χ1v) is 6.48. The minimum absolute atomic E-state index is 0.0347. The van der Waals surface area contributed by atoms with Gasteiger partial charge in [-0.3, -0.25) is 4.79 Å². The maximum Gasteiger partial charge on any atom is 0.277 e. The Kier molecular flexibility index (Phi) is 3.02. The van der Waals surface area contributed by atoms with Crippen LogP contribution in [0.5, 0.6) is 0 Å². The van der Waals surface area contributed by atoms with Crippen molar-refractivity contribution < 1.29 is 9.53 Å². The third-order valence-corrected chi connectivity index (χ3v) is 2.93. The largest absolute Gasteiger partial charge is 0.473 e. The summed E-state index contributed by atoms with van der Waals surface area (Å²) >= 11 is 0. The number of amides is 1. The van der Waals surface area contributed by atoms with Gasteiger partial charge >= 0.3 is 0 Å². The predicted octanol–water partition coefficient (Wildman–Crippen LogP) is 2.42. The molecule has 1 aliphatic rings. The van der Waals surface area contributed by atoms with Crippen molar-refractivity contribution in [3.63, 3.8) is 0 Å². The van der Waals surface area contributed by atoms with E-state index in [1.807, 2.05) is 44.2 Å². The van der Waals surface area contributed by atoms with E-state index in [4.69, 9.17) is 4.74 Å². The van der Waals surface area contributed by atoms with Crippen molar-refractivity contribution in [2.75, 3.05) is 0 Å². The number of nitrogens with zero attached hydrogens (tertiary/aromatic N) is 1. The molecule has 3 rings (SSSR count). The van der Waals surface area contributed by atoms with Gasteiger partial charge in [-0.15, -0.1) is 5.10 Å². The lowest BCUT2D eigenvalue weighted by Crippen LogP contribution is -2.16. The van der Waals surface area contributed by atoms with Crippen molar-refractivity contribution in [3.05, 3.63) is 41.6 Å². The highest BCUT2D eigenvalue weighted by atomic mass is 16.5. The molecule has 20 heavy (non-hydrogen) atoms. The van der Waals surface area contributed by atoms with Crippen molar-refractivity contribution in [3.8, 4) is 0 Å². The van der Waals surface area contributed by atoms with Gasteiger partial charge in [0, 0.05) is 11.2 Å². The van der Waals surface area contributed by atoms with E-state index < -0.39 is 0 Å². The number of aromatic nitrogens is 1. The highest BCUT2D eigenvalue weighted by Crippen LogP contribution is 2.19. The Morgan fingerprint density at radius 2 is 2.10 bits per heavy atom. The Morgan fingerprint density at radius 1 is 1.30 bits per heavy atom. The summed E-state index contributed by atoms with van der Waals surface area (Å²) in [5.41, 5.74) is 4.73. The molecule has 0 radical (unpaired) electrons. The molecule has 0 atom stereocenters. The molecule has 0 saturated carbocycles. The van der Waals surface area contributed by atoms with Gasteiger partial charge in [0.2, 0.25) is 5.90 Å². The van der Waals surface area contributed by atoms with Crippen LogP contribution in [0.1, 0.15) is 19.5 Å². The molecule has 0 unspecified atom stereocenters. The Hall–Kier alpha value is -2.56. The lowest BCUT2D eigenvalue weighted by Gasteiger charge is -2.08. The summed E-state index contributed by atoms with van der Waals surface area (Å²) in [5.74, 6) is 0.0861. The Balaban J connectivity index is 1.97. The summed E-state index contributed by atoms with van der Waals surface area (Å²) in [5, 5.41) is 5.00. The van der Waals surface area contributed by atoms with Gasteiger partial charge in [0.1, 0.15) is 5.57 Å². The topological polar surface area (TPSA) is 66.5 Å². The average Bonchev–Trinajstić information content (AvgIpc) is 2.95. The van der Waals surface area contributed by atoms with Crippen LogP contribution in [0.25, 0.3) is 17.0 Å². The molecule has 2 N–H and O–H groups in total. The van der Waals surface area contributed by atoms with Crippen LogP contribution < -0.4 is 5.43 Å². The van der Waals surface area contributed by atoms with E-state index in [0.29, 0.717) is 11.5 Å². The van der Waals surface area contributed by atoms with E-state index in [-0.39, 0.29) is 12.0 Å². The fourth-order valence-corrected chi connectivity index (χ4v) is 2.09. The molecular weight excluding hydrogens is 254 g/mol. The van der Waals surface area contributed by atoms with E-state index in [2.05, 4.69) is 15.5 Å². The van der Waals surface area contributed by atoms with E-state index >= 15 is 0 Å². The maximum atomic E-state index is 11.8. The summed E-state index contributed by atoms with van der Waals surface area (Å²) in [6.45, 7) is 3.79. The Bertz CT molecular complexity index is 693. The number of nitrogens with one attached hydrogen (secondary N) is 2. The van der Waals surface area contributed by atoms with Crippen LogP contribution in [0.4, 0.5) is 0 Å². The molecule has 0 spiro atoms. The zero-order valence-corrected chi connectivity index (χ0v) is 11.3. The number of hydrogen-bond acceptors (Lipinski definition) is 3. The number of carbonyl (C=O) groups is 1. The van der Waals surface area contributed by atoms with Crippen LogP contribution in [-0.4, -0.2) is 22.9 Å². The van der Waals surface area contributed by atoms with E-state index in [1.165, 1.54) is 0 Å². The van der Waals surface area contributed by atoms with Crippen molar-refractivity contribution in [1.82, 2.24) is 10.4 Å². The molecule has 2 aromatic rings. The minimum atomic E-state index is -0.251. The summed E-state index contributed by atoms with van der Waals surface area (Å²) in [6, 6.07) is 9.94. The van der Waals surface area contributed by atoms with Gasteiger partial charge in [0.25, 0.3) is 5.91 Å². The lowest BCUT2D eigenvalue weighted by molar-refractivity contribution is -0.116. The molecule has 5 heteroatoms. The second kappa shape index (κ2) is 4.85. The van der Waals surface area contributed by atoms with Crippen LogP contribution in [0, 0.1) is 0 Å². The monoisotopic (exact) mass is 269 g/mol. The number of rotatable bonds is 2. The normalized spacial score (nSPS) is 16.9. The highest BCUT2D eigenvalue weighted by Gasteiger charge is 2.25. The first kappa shape index (κ1) is 12.5. The number of fused-ring (bicyclic) bond motifs is 1. The first-order chi connectivity index (χ1) is 9.63. The molecule has 0 bridgehead atoms. The van der Waals surface area contributed by atoms with Gasteiger partial charge in [0.05, 0.1) is 6.10 Å². The second-order valence-electron chi connectivity index (χ2n) is 4.89. The molecule has 5 nitrogen and oxygen atoms in total. The van der Waals surface area contributed by atoms with Crippen molar-refractivity contribution in [1.29, 1.82) is 0 Å². The lowest BCUT2D eigenvalue weighted by atomic mass is 10.2. The molecule has 2 heterocycles. The number of benzene rings is 1. The molecule has 1 aliphatic heterocycles. The van der Waals surface area contributed by atoms with Crippen molar-refractivity contribution in [2.24, 2.45) is 5.10 Å². The number of para-hydroxylation sites is 1. The standard InChI is InChI=1S/C15H15N3O2/c1-9(2)20-15-12(14(19)17-18-15)8-11-7-10-5-3-4-6-13(10)16-11/h3-9,16H,1-2H3,(H,17,19). The predicted molar refractivity (Wildman–Crippen MR) is 78.1 cm³/mol. The fourth-order valence-electron chi connectivity index (χ4n) is 2.09. The summed E-state index contributed by atoms with van der Waals surface area (Å²) in [7, 11) is 0. The highest BCUT2D eigenvalue weighted by molar-refractivity contribution is 6.24. The number of carbonyl (C=O) groups excluding carboxylic acids is 1. The summed E-state index contributed by atoms with van der Waals surface area (Å²) in [6.07, 6.45) is 1.72. The van der Waals surface area contributed by atoms with Gasteiger partial charge in [-0.25, -0.2) is 5.43 Å². The van der Waals surface area contributed by atoms with E-state index in [9.17, 15) is 4.79 Å². The quantitative estimate of drug-likeness (QED) is 0.822. The van der Waals surface area contributed by atoms with Gasteiger partial charge in [0.15, 0.2) is 0 Å². The van der Waals surface area contributed by atoms with Crippen LogP contribution in [0.15, 0.2) is 41.0 Å². The zero-order chi connectivity index (χ0) is 14.1. The molecule has 102 valence electrons. The number of ether oxygens (including phenoxy) is 1. The van der Waals surface area contributed by atoms with Gasteiger partial charge in [-0.1, -0.05) is 18.2 Å². The molecule has 0 fully saturated rings. The van der Waals surface area contributed by atoms with Crippen molar-refractivity contribution >= 4 is 28.8 Å². The minimum Gasteiger partial charge on any atom is -0.473 e. The molecule has 1 amide bonds. The molecule has 0 aliphatic carbocycles. The Labute approximate surface area is 116 Å². The van der Waals surface area contributed by atoms with Crippen LogP contribution in [0.3, 0.4) is 0 Å². The van der Waals surface area contributed by atoms with Crippen LogP contribution in [0.2, 0.25) is 0 Å². The molecule has 1 aromatic carbocycles. The van der Waals surface area contributed by atoms with Crippen LogP contribution in [-0.2, 0) is 9.53 Å². The third kappa shape index (κ3) is 2.30. The third-order valence-electron chi connectivity index (χ3n) is 2.93. The van der Waals surface area contributed by atoms with Gasteiger partial charge in [-0.05, 0) is 37.4 Å². The maximum absolute atomic E-state index is 11.8. The molecule has 0 saturated heterocycles. The summed E-state index contributed by atoms with van der Waals surface area (Å²) in [4.78, 5) is 15.0. The number of H-pyrrole nitrogens is 1. The SMILES string of the molecule is CC(C)OC1=NNC(=O)C1=Cc1cc2ccccc2[nH]1. The number of hydrazone groups is 1. The van der Waals surface area contributed by atoms with Gasteiger partial charge < -0.3 is 9.72 Å².